The van der Waals surface area contributed by atoms with E-state index < -0.39 is 39.2 Å². The molecule has 2 amide bonds. The number of esters is 1. The number of furan rings is 2. The molecule has 51 heavy (non-hydrogen) atoms. The molecule has 1 N–H and O–H groups in total. The number of methoxy groups -OCH3 is 1. The van der Waals surface area contributed by atoms with Crippen molar-refractivity contribution in [3.05, 3.63) is 118 Å². The number of carbonyl (C=O) groups is 4. The topological polar surface area (TPSA) is 130 Å². The minimum absolute atomic E-state index is 0.105. The lowest BCUT2D eigenvalue weighted by atomic mass is 9.99. The average molecular weight is 743 g/mol. The fraction of sp³-hybridized carbons (Fsp3) is 0.351. The number of ether oxygens (including phenoxy) is 1. The second-order valence-electron chi connectivity index (χ2n) is 11.7. The molecule has 1 aliphatic heterocycles. The second-order valence-corrected chi connectivity index (χ2v) is 14.6. The maximum Gasteiger partial charge on any atom is 0.337 e. The van der Waals surface area contributed by atoms with Gasteiger partial charge < -0.3 is 28.5 Å². The van der Waals surface area contributed by atoms with Crippen molar-refractivity contribution in [2.24, 2.45) is 0 Å². The quantitative estimate of drug-likeness (QED) is 0.143. The van der Waals surface area contributed by atoms with Crippen LogP contribution < -0.4 is 0 Å². The molecular formula is C37H40F2N2O8S2. The van der Waals surface area contributed by atoms with Crippen molar-refractivity contribution in [1.29, 1.82) is 0 Å². The van der Waals surface area contributed by atoms with Gasteiger partial charge in [0.25, 0.3) is 11.8 Å². The molecule has 0 atom stereocenters. The fourth-order valence-corrected chi connectivity index (χ4v) is 8.64. The predicted molar refractivity (Wildman–Crippen MR) is 192 cm³/mol. The molecule has 0 spiro atoms. The summed E-state index contributed by atoms with van der Waals surface area (Å²) >= 11 is 3.52. The van der Waals surface area contributed by atoms with Gasteiger partial charge in [0.15, 0.2) is 5.76 Å². The number of hydrogen-bond acceptors (Lipinski definition) is 9. The van der Waals surface area contributed by atoms with Crippen molar-refractivity contribution >= 4 is 47.3 Å². The van der Waals surface area contributed by atoms with Gasteiger partial charge in [-0.3, -0.25) is 9.59 Å². The third-order valence-corrected chi connectivity index (χ3v) is 11.4. The molecule has 0 aliphatic carbocycles. The number of halogens is 2. The molecule has 10 nitrogen and oxygen atoms in total. The highest BCUT2D eigenvalue weighted by atomic mass is 32.2. The van der Waals surface area contributed by atoms with E-state index in [0.29, 0.717) is 30.6 Å². The van der Waals surface area contributed by atoms with Gasteiger partial charge in [0, 0.05) is 55.4 Å². The number of aromatic carboxylic acids is 1. The van der Waals surface area contributed by atoms with Crippen LogP contribution in [0.15, 0.2) is 82.0 Å². The number of hydrogen-bond donors (Lipinski definition) is 1. The first-order valence-corrected chi connectivity index (χ1v) is 18.1. The molecule has 0 unspecified atom stereocenters. The number of carboxylic acids is 1. The van der Waals surface area contributed by atoms with Gasteiger partial charge in [-0.1, -0.05) is 13.8 Å². The van der Waals surface area contributed by atoms with E-state index in [1.165, 1.54) is 25.1 Å². The predicted octanol–water partition coefficient (Wildman–Crippen LogP) is 7.83. The normalized spacial score (nSPS) is 13.5. The van der Waals surface area contributed by atoms with Crippen LogP contribution in [0.4, 0.5) is 8.78 Å². The van der Waals surface area contributed by atoms with E-state index in [-0.39, 0.29) is 17.0 Å². The zero-order valence-corrected chi connectivity index (χ0v) is 30.6. The van der Waals surface area contributed by atoms with Crippen LogP contribution in [0.5, 0.6) is 0 Å². The van der Waals surface area contributed by atoms with Gasteiger partial charge in [0.1, 0.15) is 9.84 Å². The first kappa shape index (κ1) is 39.2. The van der Waals surface area contributed by atoms with Crippen molar-refractivity contribution in [3.63, 3.8) is 0 Å². The largest absolute Gasteiger partial charge is 0.478 e. The standard InChI is InChI=1S/C20H23NO4S2.C17H17F2NO4/c1-4-7-21(2)18(22)14-11-15(19(23)24-3)13-16(12-14)20(26-9-10-27-20)17-6-5-8-25-17;1-3-6-20(2)15(21)11-8-12(16(22)23)10-13(9-11)17(18,19)14-5-4-7-24-14/h5-6,8,11-13H,4,7,9-10H2,1-3H3;4-5,7-10H,3,6H2,1-2H3,(H,22,23). The second kappa shape index (κ2) is 17.1. The summed E-state index contributed by atoms with van der Waals surface area (Å²) in [7, 11) is 4.66. The zero-order chi connectivity index (χ0) is 37.3. The number of carboxylic acid groups (broad SMARTS) is 1. The summed E-state index contributed by atoms with van der Waals surface area (Å²) in [5, 5.41) is 9.16. The molecule has 0 radical (unpaired) electrons. The molecular weight excluding hydrogens is 703 g/mol. The van der Waals surface area contributed by atoms with Crippen LogP contribution >= 0.6 is 23.5 Å². The number of alkyl halides is 2. The monoisotopic (exact) mass is 742 g/mol. The Morgan fingerprint density at radius 3 is 1.86 bits per heavy atom. The fourth-order valence-electron chi connectivity index (χ4n) is 5.48. The highest BCUT2D eigenvalue weighted by Crippen LogP contribution is 2.56. The maximum absolute atomic E-state index is 14.5. The number of nitrogens with zero attached hydrogens (tertiary/aromatic N) is 2. The van der Waals surface area contributed by atoms with Crippen molar-refractivity contribution < 1.29 is 46.6 Å². The molecule has 0 saturated carbocycles. The van der Waals surface area contributed by atoms with Crippen LogP contribution in [0.2, 0.25) is 0 Å². The molecule has 1 aliphatic rings. The van der Waals surface area contributed by atoms with E-state index in [9.17, 15) is 28.0 Å². The SMILES string of the molecule is CCCN(C)C(=O)c1cc(C(=O)O)cc(C(F)(F)c2ccco2)c1.CCCN(C)C(=O)c1cc(C(=O)OC)cc(C2(c3ccco3)SCCS2)c1. The third-order valence-electron chi connectivity index (χ3n) is 7.95. The van der Waals surface area contributed by atoms with E-state index in [4.69, 9.17) is 18.7 Å². The number of rotatable bonds is 12. The lowest BCUT2D eigenvalue weighted by Crippen LogP contribution is -2.28. The third kappa shape index (κ3) is 8.85. The molecule has 4 aromatic rings. The molecule has 3 heterocycles. The Bertz CT molecular complexity index is 1820. The van der Waals surface area contributed by atoms with E-state index in [1.54, 1.807) is 47.8 Å². The Balaban J connectivity index is 0.000000230. The summed E-state index contributed by atoms with van der Waals surface area (Å²) in [6.07, 6.45) is 4.32. The molecule has 1 fully saturated rings. The van der Waals surface area contributed by atoms with Crippen molar-refractivity contribution in [3.8, 4) is 0 Å². The number of thioether (sulfide) groups is 2. The maximum atomic E-state index is 14.5. The van der Waals surface area contributed by atoms with E-state index in [1.807, 2.05) is 38.1 Å². The zero-order valence-electron chi connectivity index (χ0n) is 28.9. The van der Waals surface area contributed by atoms with Crippen molar-refractivity contribution in [1.82, 2.24) is 9.80 Å². The van der Waals surface area contributed by atoms with Crippen LogP contribution in [0.3, 0.4) is 0 Å². The van der Waals surface area contributed by atoms with Crippen LogP contribution in [-0.4, -0.2) is 84.5 Å². The lowest BCUT2D eigenvalue weighted by molar-refractivity contribution is 0.0188. The number of benzene rings is 2. The number of amides is 2. The van der Waals surface area contributed by atoms with Crippen molar-refractivity contribution in [2.75, 3.05) is 45.8 Å². The summed E-state index contributed by atoms with van der Waals surface area (Å²) < 4.78 is 44.0. The molecule has 2 aromatic heterocycles. The first-order chi connectivity index (χ1) is 24.3. The van der Waals surface area contributed by atoms with E-state index in [2.05, 4.69) is 0 Å². The van der Waals surface area contributed by atoms with E-state index >= 15 is 0 Å². The molecule has 14 heteroatoms. The molecule has 272 valence electrons. The highest BCUT2D eigenvalue weighted by Gasteiger charge is 2.43. The number of carbonyl (C=O) groups excluding carboxylic acids is 3. The Morgan fingerprint density at radius 1 is 0.824 bits per heavy atom. The van der Waals surface area contributed by atoms with Gasteiger partial charge >= 0.3 is 17.9 Å². The van der Waals surface area contributed by atoms with Crippen LogP contribution in [0, 0.1) is 0 Å². The average Bonchev–Trinajstić information content (AvgIpc) is 3.95. The molecule has 1 saturated heterocycles. The van der Waals surface area contributed by atoms with Gasteiger partial charge in [-0.25, -0.2) is 9.59 Å². The summed E-state index contributed by atoms with van der Waals surface area (Å²) in [5.74, 6) is -3.89. The Hall–Kier alpha value is -4.56. The van der Waals surface area contributed by atoms with Crippen LogP contribution in [0.1, 0.15) is 90.8 Å². The van der Waals surface area contributed by atoms with Crippen LogP contribution in [0.25, 0.3) is 0 Å². The van der Waals surface area contributed by atoms with Crippen LogP contribution in [-0.2, 0) is 14.7 Å². The van der Waals surface area contributed by atoms with E-state index in [0.717, 1.165) is 59.8 Å². The Labute approximate surface area is 303 Å². The van der Waals surface area contributed by atoms with Crippen molar-refractivity contribution in [2.45, 2.75) is 36.7 Å². The van der Waals surface area contributed by atoms with Gasteiger partial charge in [-0.05, 0) is 79.1 Å². The summed E-state index contributed by atoms with van der Waals surface area (Å²) in [4.78, 5) is 51.8. The summed E-state index contributed by atoms with van der Waals surface area (Å²) in [6.45, 7) is 4.98. The Morgan fingerprint density at radius 2 is 1.35 bits per heavy atom. The minimum atomic E-state index is -3.55. The van der Waals surface area contributed by atoms with Gasteiger partial charge in [0.05, 0.1) is 30.8 Å². The van der Waals surface area contributed by atoms with Gasteiger partial charge in [-0.2, -0.15) is 8.78 Å². The summed E-state index contributed by atoms with van der Waals surface area (Å²) in [5.41, 5.74) is 0.649. The molecule has 2 aromatic carbocycles. The minimum Gasteiger partial charge on any atom is -0.478 e. The lowest BCUT2D eigenvalue weighted by Gasteiger charge is -2.27. The summed E-state index contributed by atoms with van der Waals surface area (Å²) in [6, 6.07) is 14.5. The van der Waals surface area contributed by atoms with Gasteiger partial charge in [0.2, 0.25) is 0 Å². The van der Waals surface area contributed by atoms with Gasteiger partial charge in [-0.15, -0.1) is 23.5 Å². The highest BCUT2D eigenvalue weighted by molar-refractivity contribution is 8.20. The Kier molecular flexibility index (Phi) is 13.2. The smallest absolute Gasteiger partial charge is 0.337 e. The molecule has 5 rings (SSSR count). The first-order valence-electron chi connectivity index (χ1n) is 16.2. The molecule has 0 bridgehead atoms.